The van der Waals surface area contributed by atoms with Gasteiger partial charge in [0.2, 0.25) is 0 Å². The number of nitrogens with zero attached hydrogens (tertiary/aromatic N) is 1. The van der Waals surface area contributed by atoms with E-state index in [9.17, 15) is 4.79 Å². The summed E-state index contributed by atoms with van der Waals surface area (Å²) < 4.78 is 7.98. The molecule has 0 saturated heterocycles. The Morgan fingerprint density at radius 2 is 1.76 bits per heavy atom. The summed E-state index contributed by atoms with van der Waals surface area (Å²) in [5.41, 5.74) is 9.45. The molecule has 38 heavy (non-hydrogen) atoms. The van der Waals surface area contributed by atoms with Crippen molar-refractivity contribution in [2.45, 2.75) is 83.5 Å². The Bertz CT molecular complexity index is 1280. The zero-order valence-electron chi connectivity index (χ0n) is 23.5. The first-order valence-corrected chi connectivity index (χ1v) is 14.8. The number of carboxylic acids is 1. The first kappa shape index (κ1) is 28.1. The van der Waals surface area contributed by atoms with Crippen LogP contribution in [-0.4, -0.2) is 24.2 Å². The van der Waals surface area contributed by atoms with Crippen LogP contribution in [0.3, 0.4) is 0 Å². The molecule has 0 unspecified atom stereocenters. The summed E-state index contributed by atoms with van der Waals surface area (Å²) >= 11 is 1.80. The Kier molecular flexibility index (Phi) is 9.09. The van der Waals surface area contributed by atoms with Crippen LogP contribution in [0.5, 0.6) is 5.75 Å². The fourth-order valence-corrected chi connectivity index (χ4v) is 7.17. The lowest BCUT2D eigenvalue weighted by Gasteiger charge is -2.34. The zero-order chi connectivity index (χ0) is 27.3. The van der Waals surface area contributed by atoms with Crippen LogP contribution < -0.4 is 9.04 Å². The monoisotopic (exact) mass is 531 g/mol. The first-order valence-electron chi connectivity index (χ1n) is 14.0. The van der Waals surface area contributed by atoms with Crippen molar-refractivity contribution in [2.75, 3.05) is 17.5 Å². The molecule has 5 rings (SSSR count). The van der Waals surface area contributed by atoms with E-state index < -0.39 is 5.97 Å². The van der Waals surface area contributed by atoms with E-state index in [2.05, 4.69) is 60.6 Å². The van der Waals surface area contributed by atoms with Crippen LogP contribution in [0.1, 0.15) is 75.1 Å². The molecule has 1 spiro atoms. The van der Waals surface area contributed by atoms with Crippen molar-refractivity contribution in [3.63, 3.8) is 0 Å². The maximum Gasteiger partial charge on any atom is 0.341 e. The second-order valence-electron chi connectivity index (χ2n) is 10.3. The molecule has 1 saturated carbocycles. The third-order valence-corrected chi connectivity index (χ3v) is 8.71. The number of ether oxygens (including phenoxy) is 1. The largest absolute Gasteiger partial charge is 0.482 e. The molecule has 0 radical (unpaired) electrons. The van der Waals surface area contributed by atoms with Crippen LogP contribution in [0.15, 0.2) is 59.5 Å². The number of benzene rings is 3. The van der Waals surface area contributed by atoms with Crippen LogP contribution in [-0.2, 0) is 16.6 Å². The lowest BCUT2D eigenvalue weighted by Crippen LogP contribution is -2.33. The first-order chi connectivity index (χ1) is 18.4. The molecule has 1 heterocycles. The lowest BCUT2D eigenvalue weighted by atomic mass is 9.70. The molecular formula is C33H41NO3S. The van der Waals surface area contributed by atoms with Crippen molar-refractivity contribution in [1.29, 1.82) is 0 Å². The molecule has 0 amide bonds. The highest BCUT2D eigenvalue weighted by Gasteiger charge is 2.45. The summed E-state index contributed by atoms with van der Waals surface area (Å²) in [4.78, 5) is 12.1. The van der Waals surface area contributed by atoms with Crippen molar-refractivity contribution < 1.29 is 14.6 Å². The van der Waals surface area contributed by atoms with Crippen LogP contribution in [0.25, 0.3) is 11.1 Å². The molecule has 0 aromatic heterocycles. The van der Waals surface area contributed by atoms with E-state index >= 15 is 0 Å². The molecule has 2 aliphatic rings. The van der Waals surface area contributed by atoms with Gasteiger partial charge in [-0.05, 0) is 103 Å². The molecule has 0 atom stereocenters. The molecular weight excluding hydrogens is 490 g/mol. The third kappa shape index (κ3) is 5.88. The fourth-order valence-electron chi connectivity index (χ4n) is 5.93. The van der Waals surface area contributed by atoms with E-state index in [1.54, 1.807) is 11.9 Å². The predicted octanol–water partition coefficient (Wildman–Crippen LogP) is 8.75. The highest BCUT2D eigenvalue weighted by molar-refractivity contribution is 8.00. The molecule has 5 heteroatoms. The Morgan fingerprint density at radius 1 is 1.00 bits per heavy atom. The lowest BCUT2D eigenvalue weighted by molar-refractivity contribution is -0.139. The van der Waals surface area contributed by atoms with Crippen molar-refractivity contribution in [3.05, 3.63) is 76.9 Å². The van der Waals surface area contributed by atoms with Crippen LogP contribution in [0.4, 0.5) is 5.69 Å². The zero-order valence-corrected chi connectivity index (χ0v) is 24.3. The Morgan fingerprint density at radius 3 is 2.42 bits per heavy atom. The van der Waals surface area contributed by atoms with Crippen LogP contribution in [0.2, 0.25) is 0 Å². The van der Waals surface area contributed by atoms with Gasteiger partial charge in [-0.3, -0.25) is 0 Å². The summed E-state index contributed by atoms with van der Waals surface area (Å²) in [6, 6.07) is 19.8. The summed E-state index contributed by atoms with van der Waals surface area (Å²) in [6.45, 7) is 11.1. The van der Waals surface area contributed by atoms with Crippen LogP contribution >= 0.6 is 11.9 Å². The number of rotatable bonds is 7. The van der Waals surface area contributed by atoms with Gasteiger partial charge in [0.25, 0.3) is 0 Å². The van der Waals surface area contributed by atoms with E-state index in [4.69, 9.17) is 9.84 Å². The van der Waals surface area contributed by atoms with E-state index in [1.165, 1.54) is 65.6 Å². The van der Waals surface area contributed by atoms with E-state index in [-0.39, 0.29) is 12.0 Å². The summed E-state index contributed by atoms with van der Waals surface area (Å²) in [5.74, 6) is -0.333. The standard InChI is InChI=1S/C31H35NO3S.C2H6/c1-4-23-17-25(24-10-8-9-21(2)15-24)18-27-30(23)32(20-31(27)13-6-5-7-14-31)36-26-11-12-28(22(3)16-26)35-19-29(33)34;1-2/h8-12,15-18H,4-7,13-14,19-20H2,1-3H3,(H,33,34);1-2H3. The highest BCUT2D eigenvalue weighted by atomic mass is 32.2. The van der Waals surface area contributed by atoms with Gasteiger partial charge in [-0.15, -0.1) is 0 Å². The maximum atomic E-state index is 10.9. The van der Waals surface area contributed by atoms with Crippen LogP contribution in [0, 0.1) is 13.8 Å². The van der Waals surface area contributed by atoms with Gasteiger partial charge in [-0.25, -0.2) is 4.79 Å². The second kappa shape index (κ2) is 12.3. The minimum absolute atomic E-state index is 0.212. The number of carbonyl (C=O) groups is 1. The van der Waals surface area contributed by atoms with Crippen molar-refractivity contribution >= 4 is 23.6 Å². The number of aliphatic carboxylic acids is 1. The minimum atomic E-state index is -0.962. The van der Waals surface area contributed by atoms with E-state index in [0.29, 0.717) is 5.75 Å². The van der Waals surface area contributed by atoms with Gasteiger partial charge < -0.3 is 14.1 Å². The number of fused-ring (bicyclic) bond motifs is 2. The SMILES string of the molecule is CC.CCc1cc(-c2cccc(C)c2)cc2c1N(Sc1ccc(OCC(=O)O)c(C)c1)CC21CCCCC1. The molecule has 3 aromatic carbocycles. The number of anilines is 1. The molecule has 4 nitrogen and oxygen atoms in total. The molecule has 1 fully saturated rings. The number of hydrogen-bond acceptors (Lipinski definition) is 4. The van der Waals surface area contributed by atoms with Gasteiger partial charge in [-0.2, -0.15) is 0 Å². The van der Waals surface area contributed by atoms with E-state index in [0.717, 1.165) is 23.4 Å². The highest BCUT2D eigenvalue weighted by Crippen LogP contribution is 2.54. The second-order valence-corrected chi connectivity index (χ2v) is 11.4. The maximum absolute atomic E-state index is 10.9. The molecule has 0 bridgehead atoms. The molecule has 1 N–H and O–H groups in total. The predicted molar refractivity (Wildman–Crippen MR) is 160 cm³/mol. The molecule has 3 aromatic rings. The van der Waals surface area contributed by atoms with Gasteiger partial charge in [0.1, 0.15) is 5.75 Å². The average molecular weight is 532 g/mol. The number of aryl methyl sites for hydroxylation is 3. The summed E-state index contributed by atoms with van der Waals surface area (Å²) in [7, 11) is 0. The number of hydrogen-bond donors (Lipinski definition) is 1. The minimum Gasteiger partial charge on any atom is -0.482 e. The number of carboxylic acid groups (broad SMARTS) is 1. The molecule has 1 aliphatic heterocycles. The quantitative estimate of drug-likeness (QED) is 0.309. The van der Waals surface area contributed by atoms with Crippen molar-refractivity contribution in [3.8, 4) is 16.9 Å². The van der Waals surface area contributed by atoms with Gasteiger partial charge in [0.05, 0.1) is 5.69 Å². The van der Waals surface area contributed by atoms with Gasteiger partial charge in [-0.1, -0.05) is 69.9 Å². The Labute approximate surface area is 232 Å². The Hall–Kier alpha value is -2.92. The smallest absolute Gasteiger partial charge is 0.341 e. The summed E-state index contributed by atoms with van der Waals surface area (Å²) in [6.07, 6.45) is 7.41. The fraction of sp³-hybridized carbons (Fsp3) is 0.424. The Balaban J connectivity index is 0.00000164. The molecule has 1 aliphatic carbocycles. The van der Waals surface area contributed by atoms with Gasteiger partial charge in [0.15, 0.2) is 6.61 Å². The van der Waals surface area contributed by atoms with E-state index in [1.807, 2.05) is 32.9 Å². The van der Waals surface area contributed by atoms with Crippen molar-refractivity contribution in [1.82, 2.24) is 0 Å². The molecule has 202 valence electrons. The topological polar surface area (TPSA) is 49.8 Å². The summed E-state index contributed by atoms with van der Waals surface area (Å²) in [5, 5.41) is 8.94. The average Bonchev–Trinajstić information content (AvgIpc) is 3.21. The van der Waals surface area contributed by atoms with Gasteiger partial charge in [0, 0.05) is 16.9 Å². The van der Waals surface area contributed by atoms with Crippen molar-refractivity contribution in [2.24, 2.45) is 0 Å². The van der Waals surface area contributed by atoms with Gasteiger partial charge >= 0.3 is 5.97 Å². The normalized spacial score (nSPS) is 15.6. The third-order valence-electron chi connectivity index (χ3n) is 7.71.